The zero-order chi connectivity index (χ0) is 27.5. The Kier molecular flexibility index (Phi) is 7.79. The van der Waals surface area contributed by atoms with Crippen molar-refractivity contribution in [3.8, 4) is 22.9 Å². The number of hydrogen-bond donors (Lipinski definition) is 0. The topological polar surface area (TPSA) is 82.8 Å². The average Bonchev–Trinajstić information content (AvgIpc) is 2.93. The van der Waals surface area contributed by atoms with Crippen molar-refractivity contribution in [3.63, 3.8) is 0 Å². The highest BCUT2D eigenvalue weighted by atomic mass is 79.9. The van der Waals surface area contributed by atoms with Crippen molar-refractivity contribution in [2.75, 3.05) is 7.11 Å². The predicted octanol–water partition coefficient (Wildman–Crippen LogP) is 7.24. The monoisotopic (exact) mass is 621 g/mol. The number of esters is 1. The largest absolute Gasteiger partial charge is 0.497 e. The maximum atomic E-state index is 13.5. The van der Waals surface area contributed by atoms with Gasteiger partial charge in [0.2, 0.25) is 0 Å². The summed E-state index contributed by atoms with van der Waals surface area (Å²) in [5.74, 6) is 0.542. The van der Waals surface area contributed by atoms with Gasteiger partial charge in [-0.25, -0.2) is 9.78 Å². The molecule has 0 saturated heterocycles. The van der Waals surface area contributed by atoms with Gasteiger partial charge in [-0.05, 0) is 72.8 Å². The Morgan fingerprint density at radius 1 is 1.00 bits per heavy atom. The van der Waals surface area contributed by atoms with E-state index in [2.05, 4.69) is 21.0 Å². The molecule has 1 aromatic heterocycles. The fourth-order valence-corrected chi connectivity index (χ4v) is 4.67. The standard InChI is InChI=1S/C29H18BrCl2N3O4/c1-38-21-10-6-17(7-11-21)27-34-25-5-3-2-4-23(25)28(36)35(27)33-16-18-14-19(30)8-13-26(18)39-29(37)22-12-9-20(31)15-24(22)32/h2-16H,1H3. The van der Waals surface area contributed by atoms with Gasteiger partial charge >= 0.3 is 5.97 Å². The van der Waals surface area contributed by atoms with Gasteiger partial charge in [0.05, 0.1) is 34.8 Å². The Balaban J connectivity index is 1.58. The molecule has 10 heteroatoms. The van der Waals surface area contributed by atoms with E-state index < -0.39 is 5.97 Å². The smallest absolute Gasteiger partial charge is 0.345 e. The number of rotatable bonds is 6. The third kappa shape index (κ3) is 5.73. The molecule has 0 bridgehead atoms. The summed E-state index contributed by atoms with van der Waals surface area (Å²) in [6.07, 6.45) is 1.43. The first kappa shape index (κ1) is 26.6. The van der Waals surface area contributed by atoms with E-state index in [0.717, 1.165) is 0 Å². The van der Waals surface area contributed by atoms with E-state index in [0.29, 0.717) is 43.1 Å². The fourth-order valence-electron chi connectivity index (χ4n) is 3.80. The first-order chi connectivity index (χ1) is 18.8. The minimum Gasteiger partial charge on any atom is -0.497 e. The van der Waals surface area contributed by atoms with E-state index in [9.17, 15) is 9.59 Å². The third-order valence-corrected chi connectivity index (χ3v) is 6.78. The van der Waals surface area contributed by atoms with Crippen LogP contribution in [0.2, 0.25) is 10.0 Å². The summed E-state index contributed by atoms with van der Waals surface area (Å²) in [6.45, 7) is 0. The van der Waals surface area contributed by atoms with E-state index >= 15 is 0 Å². The summed E-state index contributed by atoms with van der Waals surface area (Å²) in [5.41, 5.74) is 1.43. The number of benzene rings is 4. The number of para-hydroxylation sites is 1. The summed E-state index contributed by atoms with van der Waals surface area (Å²) in [7, 11) is 1.58. The number of nitrogens with zero attached hydrogens (tertiary/aromatic N) is 3. The maximum Gasteiger partial charge on any atom is 0.345 e. The quantitative estimate of drug-likeness (QED) is 0.113. The molecule has 5 rings (SSSR count). The van der Waals surface area contributed by atoms with Crippen molar-refractivity contribution >= 4 is 62.2 Å². The molecule has 194 valence electrons. The molecule has 39 heavy (non-hydrogen) atoms. The fraction of sp³-hybridized carbons (Fsp3) is 0.0345. The Morgan fingerprint density at radius 3 is 2.51 bits per heavy atom. The minimum absolute atomic E-state index is 0.156. The van der Waals surface area contributed by atoms with Crippen LogP contribution in [0.1, 0.15) is 15.9 Å². The molecule has 5 aromatic rings. The van der Waals surface area contributed by atoms with Gasteiger partial charge < -0.3 is 9.47 Å². The summed E-state index contributed by atoms with van der Waals surface area (Å²) in [5, 5.41) is 5.46. The number of fused-ring (bicyclic) bond motifs is 1. The molecule has 0 unspecified atom stereocenters. The minimum atomic E-state index is -0.669. The Hall–Kier alpha value is -3.98. The third-order valence-electron chi connectivity index (χ3n) is 5.74. The van der Waals surface area contributed by atoms with Crippen LogP contribution in [0.15, 0.2) is 99.3 Å². The summed E-state index contributed by atoms with van der Waals surface area (Å²) in [6, 6.07) is 23.7. The van der Waals surface area contributed by atoms with Crippen LogP contribution in [0.3, 0.4) is 0 Å². The van der Waals surface area contributed by atoms with E-state index in [1.807, 2.05) is 6.07 Å². The lowest BCUT2D eigenvalue weighted by Crippen LogP contribution is -2.20. The SMILES string of the molecule is COc1ccc(-c2nc3ccccc3c(=O)n2N=Cc2cc(Br)ccc2OC(=O)c2ccc(Cl)cc2Cl)cc1. The van der Waals surface area contributed by atoms with Crippen molar-refractivity contribution < 1.29 is 14.3 Å². The predicted molar refractivity (Wildman–Crippen MR) is 157 cm³/mol. The van der Waals surface area contributed by atoms with Gasteiger partial charge in [0.25, 0.3) is 5.56 Å². The van der Waals surface area contributed by atoms with Gasteiger partial charge in [0, 0.05) is 20.6 Å². The van der Waals surface area contributed by atoms with E-state index in [-0.39, 0.29) is 21.9 Å². The van der Waals surface area contributed by atoms with Crippen LogP contribution >= 0.6 is 39.1 Å². The van der Waals surface area contributed by atoms with Gasteiger partial charge in [-0.3, -0.25) is 4.79 Å². The Labute approximate surface area is 241 Å². The number of halogens is 3. The second kappa shape index (κ2) is 11.4. The number of carbonyl (C=O) groups excluding carboxylic acids is 1. The highest BCUT2D eigenvalue weighted by molar-refractivity contribution is 9.10. The van der Waals surface area contributed by atoms with Gasteiger partial charge in [-0.2, -0.15) is 9.78 Å². The van der Waals surface area contributed by atoms with Gasteiger partial charge in [-0.1, -0.05) is 51.3 Å². The highest BCUT2D eigenvalue weighted by Gasteiger charge is 2.16. The van der Waals surface area contributed by atoms with Crippen LogP contribution in [-0.4, -0.2) is 29.0 Å². The summed E-state index contributed by atoms with van der Waals surface area (Å²) < 4.78 is 12.8. The number of carbonyl (C=O) groups is 1. The molecule has 0 radical (unpaired) electrons. The number of methoxy groups -OCH3 is 1. The molecule has 1 heterocycles. The Bertz CT molecular complexity index is 1800. The van der Waals surface area contributed by atoms with E-state index in [1.165, 1.54) is 23.0 Å². The first-order valence-corrected chi connectivity index (χ1v) is 13.1. The van der Waals surface area contributed by atoms with Gasteiger partial charge in [0.15, 0.2) is 5.82 Å². The summed E-state index contributed by atoms with van der Waals surface area (Å²) in [4.78, 5) is 31.1. The van der Waals surface area contributed by atoms with E-state index in [4.69, 9.17) is 37.7 Å². The van der Waals surface area contributed by atoms with Gasteiger partial charge in [0.1, 0.15) is 11.5 Å². The van der Waals surface area contributed by atoms with Crippen LogP contribution in [-0.2, 0) is 0 Å². The van der Waals surface area contributed by atoms with Crippen molar-refractivity contribution in [3.05, 3.63) is 121 Å². The lowest BCUT2D eigenvalue weighted by molar-refractivity contribution is 0.0734. The van der Waals surface area contributed by atoms with Gasteiger partial charge in [-0.15, -0.1) is 0 Å². The molecule has 0 aliphatic rings. The molecule has 7 nitrogen and oxygen atoms in total. The highest BCUT2D eigenvalue weighted by Crippen LogP contribution is 2.27. The zero-order valence-corrected chi connectivity index (χ0v) is 23.4. The molecule has 0 amide bonds. The molecular formula is C29H18BrCl2N3O4. The lowest BCUT2D eigenvalue weighted by atomic mass is 10.2. The van der Waals surface area contributed by atoms with Crippen molar-refractivity contribution in [2.45, 2.75) is 0 Å². The van der Waals surface area contributed by atoms with Crippen LogP contribution < -0.4 is 15.0 Å². The van der Waals surface area contributed by atoms with Crippen LogP contribution in [0.5, 0.6) is 11.5 Å². The van der Waals surface area contributed by atoms with Crippen molar-refractivity contribution in [1.29, 1.82) is 0 Å². The molecule has 0 N–H and O–H groups in total. The second-order valence-corrected chi connectivity index (χ2v) is 10.00. The first-order valence-electron chi connectivity index (χ1n) is 11.5. The van der Waals surface area contributed by atoms with Crippen LogP contribution in [0.4, 0.5) is 0 Å². The Morgan fingerprint density at radius 2 is 1.77 bits per heavy atom. The zero-order valence-electron chi connectivity index (χ0n) is 20.3. The van der Waals surface area contributed by atoms with Crippen molar-refractivity contribution in [2.24, 2.45) is 5.10 Å². The maximum absolute atomic E-state index is 13.5. The van der Waals surface area contributed by atoms with Crippen LogP contribution in [0, 0.1) is 0 Å². The molecule has 0 aliphatic carbocycles. The summed E-state index contributed by atoms with van der Waals surface area (Å²) >= 11 is 15.6. The molecule has 0 saturated carbocycles. The van der Waals surface area contributed by atoms with Crippen molar-refractivity contribution in [1.82, 2.24) is 9.66 Å². The molecule has 0 spiro atoms. The number of aromatic nitrogens is 2. The normalized spacial score (nSPS) is 11.2. The number of hydrogen-bond acceptors (Lipinski definition) is 6. The molecule has 4 aromatic carbocycles. The van der Waals surface area contributed by atoms with Crippen LogP contribution in [0.25, 0.3) is 22.3 Å². The number of ether oxygens (including phenoxy) is 2. The molecule has 0 fully saturated rings. The second-order valence-electron chi connectivity index (χ2n) is 8.24. The molecule has 0 aliphatic heterocycles. The average molecular weight is 623 g/mol. The van der Waals surface area contributed by atoms with E-state index in [1.54, 1.807) is 73.8 Å². The molecular weight excluding hydrogens is 605 g/mol. The molecule has 0 atom stereocenters. The lowest BCUT2D eigenvalue weighted by Gasteiger charge is -2.11.